The van der Waals surface area contributed by atoms with Crippen LogP contribution in [-0.2, 0) is 0 Å². The molecule has 2 rings (SSSR count). The fraction of sp³-hybridized carbons (Fsp3) is 0.364. The number of rotatable bonds is 1. The first-order valence-corrected chi connectivity index (χ1v) is 5.59. The maximum absolute atomic E-state index is 13.9. The van der Waals surface area contributed by atoms with E-state index in [1.807, 2.05) is 6.07 Å². The SMILES string of the molecule is CC1(O)CN(c2ccc(C#N)c(Br)c2F)C1. The van der Waals surface area contributed by atoms with Gasteiger partial charge >= 0.3 is 0 Å². The van der Waals surface area contributed by atoms with Gasteiger partial charge in [0.25, 0.3) is 0 Å². The largest absolute Gasteiger partial charge is 0.386 e. The van der Waals surface area contributed by atoms with Crippen molar-refractivity contribution in [1.82, 2.24) is 0 Å². The zero-order chi connectivity index (χ0) is 11.9. The highest BCUT2D eigenvalue weighted by molar-refractivity contribution is 9.10. The summed E-state index contributed by atoms with van der Waals surface area (Å²) in [5.74, 6) is -0.449. The van der Waals surface area contributed by atoms with Crippen LogP contribution in [-0.4, -0.2) is 23.8 Å². The van der Waals surface area contributed by atoms with Gasteiger partial charge in [-0.25, -0.2) is 4.39 Å². The molecule has 1 aromatic carbocycles. The van der Waals surface area contributed by atoms with Gasteiger partial charge in [-0.3, -0.25) is 0 Å². The van der Waals surface area contributed by atoms with Crippen LogP contribution in [0.25, 0.3) is 0 Å². The maximum Gasteiger partial charge on any atom is 0.161 e. The van der Waals surface area contributed by atoms with Gasteiger partial charge in [0, 0.05) is 13.1 Å². The quantitative estimate of drug-likeness (QED) is 0.858. The Labute approximate surface area is 101 Å². The Morgan fingerprint density at radius 2 is 2.19 bits per heavy atom. The van der Waals surface area contributed by atoms with Gasteiger partial charge < -0.3 is 10.0 Å². The highest BCUT2D eigenvalue weighted by Crippen LogP contribution is 2.34. The third-order valence-electron chi connectivity index (χ3n) is 2.59. The van der Waals surface area contributed by atoms with Gasteiger partial charge in [-0.1, -0.05) is 0 Å². The van der Waals surface area contributed by atoms with Crippen LogP contribution in [0.5, 0.6) is 0 Å². The van der Waals surface area contributed by atoms with E-state index in [0.29, 0.717) is 18.8 Å². The molecule has 5 heteroatoms. The second-order valence-electron chi connectivity index (χ2n) is 4.23. The second-order valence-corrected chi connectivity index (χ2v) is 5.02. The highest BCUT2D eigenvalue weighted by Gasteiger charge is 2.38. The molecule has 0 spiro atoms. The van der Waals surface area contributed by atoms with Crippen LogP contribution in [0.15, 0.2) is 16.6 Å². The Hall–Kier alpha value is -1.12. The second kappa shape index (κ2) is 3.72. The van der Waals surface area contributed by atoms with E-state index in [9.17, 15) is 9.50 Å². The van der Waals surface area contributed by atoms with Gasteiger partial charge in [-0.15, -0.1) is 0 Å². The molecule has 0 aromatic heterocycles. The molecule has 1 aromatic rings. The van der Waals surface area contributed by atoms with E-state index in [0.717, 1.165) is 0 Å². The van der Waals surface area contributed by atoms with Crippen molar-refractivity contribution >= 4 is 21.6 Å². The van der Waals surface area contributed by atoms with E-state index in [1.165, 1.54) is 0 Å². The van der Waals surface area contributed by atoms with Crippen LogP contribution in [0.3, 0.4) is 0 Å². The topological polar surface area (TPSA) is 47.3 Å². The Bertz CT molecular complexity index is 474. The Balaban J connectivity index is 2.32. The van der Waals surface area contributed by atoms with Crippen LogP contribution < -0.4 is 4.90 Å². The van der Waals surface area contributed by atoms with E-state index in [2.05, 4.69) is 15.9 Å². The number of aliphatic hydroxyl groups is 1. The lowest BCUT2D eigenvalue weighted by atomic mass is 9.96. The number of hydrogen-bond acceptors (Lipinski definition) is 3. The Morgan fingerprint density at radius 3 is 2.69 bits per heavy atom. The summed E-state index contributed by atoms with van der Waals surface area (Å²) in [7, 11) is 0. The Kier molecular flexibility index (Phi) is 2.64. The van der Waals surface area contributed by atoms with Gasteiger partial charge in [0.15, 0.2) is 5.82 Å². The molecular weight excluding hydrogens is 275 g/mol. The molecule has 84 valence electrons. The van der Waals surface area contributed by atoms with Gasteiger partial charge in [-0.2, -0.15) is 5.26 Å². The van der Waals surface area contributed by atoms with Crippen LogP contribution in [0.1, 0.15) is 12.5 Å². The monoisotopic (exact) mass is 284 g/mol. The van der Waals surface area contributed by atoms with E-state index < -0.39 is 11.4 Å². The highest BCUT2D eigenvalue weighted by atomic mass is 79.9. The first-order chi connectivity index (χ1) is 7.44. The summed E-state index contributed by atoms with van der Waals surface area (Å²) in [6.45, 7) is 2.52. The third kappa shape index (κ3) is 1.79. The molecule has 1 fully saturated rings. The lowest BCUT2D eigenvalue weighted by Crippen LogP contribution is -2.60. The van der Waals surface area contributed by atoms with Gasteiger partial charge in [0.1, 0.15) is 6.07 Å². The van der Waals surface area contributed by atoms with E-state index in [-0.39, 0.29) is 10.0 Å². The van der Waals surface area contributed by atoms with Crippen LogP contribution in [0, 0.1) is 17.1 Å². The maximum atomic E-state index is 13.9. The number of anilines is 1. The fourth-order valence-corrected chi connectivity index (χ4v) is 2.24. The number of halogens is 2. The molecular formula is C11H10BrFN2O. The molecule has 1 aliphatic rings. The van der Waals surface area contributed by atoms with Crippen molar-refractivity contribution < 1.29 is 9.50 Å². The van der Waals surface area contributed by atoms with Crippen molar-refractivity contribution in [3.05, 3.63) is 28.0 Å². The number of benzene rings is 1. The number of hydrogen-bond donors (Lipinski definition) is 1. The number of nitriles is 1. The minimum absolute atomic E-state index is 0.180. The van der Waals surface area contributed by atoms with Crippen LogP contribution in [0.4, 0.5) is 10.1 Å². The van der Waals surface area contributed by atoms with E-state index in [4.69, 9.17) is 5.26 Å². The number of β-amino-alcohol motifs (C(OH)–C–C–N with tert-alkyl or cyclic N) is 1. The molecule has 1 heterocycles. The van der Waals surface area contributed by atoms with E-state index >= 15 is 0 Å². The smallest absolute Gasteiger partial charge is 0.161 e. The molecule has 0 aliphatic carbocycles. The summed E-state index contributed by atoms with van der Waals surface area (Å²) in [6, 6.07) is 5.03. The predicted octanol–water partition coefficient (Wildman–Crippen LogP) is 2.03. The molecule has 1 saturated heterocycles. The molecule has 0 bridgehead atoms. The lowest BCUT2D eigenvalue weighted by Gasteiger charge is -2.45. The van der Waals surface area contributed by atoms with Gasteiger partial charge in [0.2, 0.25) is 0 Å². The molecule has 1 N–H and O–H groups in total. The lowest BCUT2D eigenvalue weighted by molar-refractivity contribution is 0.0306. The summed E-state index contributed by atoms with van der Waals surface area (Å²) in [4.78, 5) is 1.74. The summed E-state index contributed by atoms with van der Waals surface area (Å²) >= 11 is 3.05. The minimum Gasteiger partial charge on any atom is -0.386 e. The van der Waals surface area contributed by atoms with Crippen LogP contribution >= 0.6 is 15.9 Å². The Morgan fingerprint density at radius 1 is 1.56 bits per heavy atom. The van der Waals surface area contributed by atoms with E-state index in [1.54, 1.807) is 24.0 Å². The van der Waals surface area contributed by atoms with Gasteiger partial charge in [0.05, 0.1) is 21.3 Å². The average Bonchev–Trinajstić information content (AvgIpc) is 2.18. The first kappa shape index (κ1) is 11.4. The van der Waals surface area contributed by atoms with Crippen molar-refractivity contribution in [2.75, 3.05) is 18.0 Å². The molecule has 0 amide bonds. The zero-order valence-electron chi connectivity index (χ0n) is 8.67. The minimum atomic E-state index is -0.743. The molecule has 1 aliphatic heterocycles. The zero-order valence-corrected chi connectivity index (χ0v) is 10.3. The molecule has 0 radical (unpaired) electrons. The average molecular weight is 285 g/mol. The van der Waals surface area contributed by atoms with Crippen LogP contribution in [0.2, 0.25) is 0 Å². The molecule has 0 atom stereocenters. The summed E-state index contributed by atoms with van der Waals surface area (Å²) in [5, 5.41) is 18.3. The fourth-order valence-electron chi connectivity index (χ4n) is 1.82. The summed E-state index contributed by atoms with van der Waals surface area (Å²) in [6.07, 6.45) is 0. The predicted molar refractivity (Wildman–Crippen MR) is 61.7 cm³/mol. The van der Waals surface area contributed by atoms with Crippen molar-refractivity contribution in [2.24, 2.45) is 0 Å². The number of nitrogens with zero attached hydrogens (tertiary/aromatic N) is 2. The van der Waals surface area contributed by atoms with Crippen molar-refractivity contribution in [3.8, 4) is 6.07 Å². The normalized spacial score (nSPS) is 17.8. The standard InChI is InChI=1S/C11H10BrFN2O/c1-11(16)5-15(6-11)8-3-2-7(4-14)9(12)10(8)13/h2-3,16H,5-6H2,1H3. The molecule has 0 saturated carbocycles. The summed E-state index contributed by atoms with van der Waals surface area (Å²) in [5.41, 5.74) is -0.0572. The molecule has 3 nitrogen and oxygen atoms in total. The van der Waals surface area contributed by atoms with Crippen molar-refractivity contribution in [1.29, 1.82) is 5.26 Å². The first-order valence-electron chi connectivity index (χ1n) is 4.80. The summed E-state index contributed by atoms with van der Waals surface area (Å²) < 4.78 is 14.0. The van der Waals surface area contributed by atoms with Crippen molar-refractivity contribution in [2.45, 2.75) is 12.5 Å². The molecule has 0 unspecified atom stereocenters. The van der Waals surface area contributed by atoms with Gasteiger partial charge in [-0.05, 0) is 35.0 Å². The third-order valence-corrected chi connectivity index (χ3v) is 3.36. The van der Waals surface area contributed by atoms with Crippen molar-refractivity contribution in [3.63, 3.8) is 0 Å². The molecule has 16 heavy (non-hydrogen) atoms.